The van der Waals surface area contributed by atoms with Crippen LogP contribution in [0.4, 0.5) is 0 Å². The smallest absolute Gasteiger partial charge is 0.0248 e. The molecule has 24 heavy (non-hydrogen) atoms. The predicted molar refractivity (Wildman–Crippen MR) is 101 cm³/mol. The molecular formula is C24H20. The van der Waals surface area contributed by atoms with Crippen molar-refractivity contribution >= 4 is 0 Å². The summed E-state index contributed by atoms with van der Waals surface area (Å²) in [5.74, 6) is 13.3. The van der Waals surface area contributed by atoms with E-state index >= 15 is 0 Å². The zero-order chi connectivity index (χ0) is 16.8. The first-order valence-corrected chi connectivity index (χ1v) is 8.24. The highest BCUT2D eigenvalue weighted by Gasteiger charge is 2.17. The Balaban J connectivity index is 1.93. The number of hydrogen-bond donors (Lipinski definition) is 0. The van der Waals surface area contributed by atoms with Crippen molar-refractivity contribution in [2.75, 3.05) is 0 Å². The fraction of sp³-hybridized carbons (Fsp3) is 0.167. The zero-order valence-corrected chi connectivity index (χ0v) is 14.2. The molecule has 0 heteroatoms. The molecule has 0 atom stereocenters. The van der Waals surface area contributed by atoms with Crippen LogP contribution in [-0.4, -0.2) is 0 Å². The summed E-state index contributed by atoms with van der Waals surface area (Å²) >= 11 is 0. The summed E-state index contributed by atoms with van der Waals surface area (Å²) in [6, 6.07) is 20.3. The maximum Gasteiger partial charge on any atom is 0.0248 e. The molecule has 0 unspecified atom stereocenters. The van der Waals surface area contributed by atoms with Gasteiger partial charge in [-0.2, -0.15) is 0 Å². The molecule has 0 aromatic heterocycles. The number of rotatable bonds is 0. The second-order valence-electron chi connectivity index (χ2n) is 6.15. The van der Waals surface area contributed by atoms with E-state index in [4.69, 9.17) is 0 Å². The van der Waals surface area contributed by atoms with Gasteiger partial charge in [0.1, 0.15) is 0 Å². The minimum atomic E-state index is 0.932. The van der Waals surface area contributed by atoms with E-state index in [0.717, 1.165) is 24.0 Å². The van der Waals surface area contributed by atoms with Crippen LogP contribution in [0.15, 0.2) is 83.0 Å². The summed E-state index contributed by atoms with van der Waals surface area (Å²) in [6.07, 6.45) is 1.86. The Morgan fingerprint density at radius 3 is 1.42 bits per heavy atom. The van der Waals surface area contributed by atoms with Crippen molar-refractivity contribution in [3.63, 3.8) is 0 Å². The fourth-order valence-corrected chi connectivity index (χ4v) is 2.63. The fourth-order valence-electron chi connectivity index (χ4n) is 2.63. The van der Waals surface area contributed by atoms with Crippen molar-refractivity contribution in [2.24, 2.45) is 0 Å². The van der Waals surface area contributed by atoms with Gasteiger partial charge in [-0.25, -0.2) is 0 Å². The van der Waals surface area contributed by atoms with Gasteiger partial charge in [0, 0.05) is 35.1 Å². The molecule has 0 radical (unpaired) electrons. The molecule has 1 aliphatic rings. The normalized spacial score (nSPS) is 13.0. The molecule has 2 aromatic carbocycles. The molecule has 2 aromatic rings. The highest BCUT2D eigenvalue weighted by Crippen LogP contribution is 2.32. The Morgan fingerprint density at radius 2 is 1.04 bits per heavy atom. The molecule has 0 aliphatic heterocycles. The third-order valence-corrected chi connectivity index (χ3v) is 4.11. The quantitative estimate of drug-likeness (QED) is 0.444. The van der Waals surface area contributed by atoms with Gasteiger partial charge in [0.05, 0.1) is 0 Å². The minimum absolute atomic E-state index is 0.932. The third kappa shape index (κ3) is 4.07. The van der Waals surface area contributed by atoms with E-state index < -0.39 is 0 Å². The topological polar surface area (TPSA) is 0 Å². The molecule has 0 nitrogen and oxygen atoms in total. The number of allylic oxidation sites excluding steroid dienone is 4. The summed E-state index contributed by atoms with van der Waals surface area (Å²) in [5, 5.41) is 0. The molecule has 0 saturated heterocycles. The van der Waals surface area contributed by atoms with Crippen molar-refractivity contribution in [1.82, 2.24) is 0 Å². The number of benzene rings is 2. The van der Waals surface area contributed by atoms with Crippen LogP contribution in [0.25, 0.3) is 0 Å². The van der Waals surface area contributed by atoms with Crippen molar-refractivity contribution in [2.45, 2.75) is 26.7 Å². The molecule has 0 heterocycles. The zero-order valence-electron chi connectivity index (χ0n) is 14.2. The summed E-state index contributed by atoms with van der Waals surface area (Å²) < 4.78 is 0. The van der Waals surface area contributed by atoms with Gasteiger partial charge in [0.25, 0.3) is 0 Å². The summed E-state index contributed by atoms with van der Waals surface area (Å²) in [7, 11) is 0. The Hall–Kier alpha value is -2.96. The molecule has 0 saturated carbocycles. The van der Waals surface area contributed by atoms with Crippen molar-refractivity contribution < 1.29 is 0 Å². The summed E-state index contributed by atoms with van der Waals surface area (Å²) in [5.41, 5.74) is 7.25. The van der Waals surface area contributed by atoms with Crippen molar-refractivity contribution in [1.29, 1.82) is 0 Å². The van der Waals surface area contributed by atoms with Crippen molar-refractivity contribution in [3.05, 3.63) is 94.1 Å². The number of hydrogen-bond acceptors (Lipinski definition) is 0. The van der Waals surface area contributed by atoms with Crippen LogP contribution >= 0.6 is 0 Å². The molecule has 3 rings (SSSR count). The van der Waals surface area contributed by atoms with E-state index in [-0.39, 0.29) is 0 Å². The third-order valence-electron chi connectivity index (χ3n) is 4.11. The maximum absolute atomic E-state index is 3.36. The van der Waals surface area contributed by atoms with Gasteiger partial charge in [0.2, 0.25) is 0 Å². The van der Waals surface area contributed by atoms with Crippen molar-refractivity contribution in [3.8, 4) is 23.7 Å². The van der Waals surface area contributed by atoms with Crippen LogP contribution in [0, 0.1) is 23.7 Å². The van der Waals surface area contributed by atoms with Gasteiger partial charge in [-0.05, 0) is 38.1 Å². The van der Waals surface area contributed by atoms with Gasteiger partial charge in [-0.15, -0.1) is 0 Å². The van der Waals surface area contributed by atoms with Crippen LogP contribution in [0.2, 0.25) is 0 Å². The second-order valence-corrected chi connectivity index (χ2v) is 6.15. The van der Waals surface area contributed by atoms with E-state index in [9.17, 15) is 0 Å². The van der Waals surface area contributed by atoms with Crippen LogP contribution in [0.3, 0.4) is 0 Å². The van der Waals surface area contributed by atoms with E-state index in [1.54, 1.807) is 0 Å². The van der Waals surface area contributed by atoms with Crippen LogP contribution in [0.5, 0.6) is 0 Å². The first-order valence-electron chi connectivity index (χ1n) is 8.24. The van der Waals surface area contributed by atoms with Gasteiger partial charge in [-0.1, -0.05) is 71.2 Å². The maximum atomic E-state index is 3.36. The lowest BCUT2D eigenvalue weighted by Gasteiger charge is -1.98. The Bertz CT molecular complexity index is 826. The molecule has 116 valence electrons. The van der Waals surface area contributed by atoms with Gasteiger partial charge < -0.3 is 0 Å². The lowest BCUT2D eigenvalue weighted by Crippen LogP contribution is -1.79. The first-order chi connectivity index (χ1) is 11.7. The summed E-state index contributed by atoms with van der Waals surface area (Å²) in [4.78, 5) is 0. The second kappa shape index (κ2) is 7.54. The molecule has 1 aliphatic carbocycles. The average Bonchev–Trinajstić information content (AvgIpc) is 3.03. The molecular weight excluding hydrogens is 288 g/mol. The largest absolute Gasteiger partial charge is 0.0765 e. The Labute approximate surface area is 144 Å². The highest BCUT2D eigenvalue weighted by molar-refractivity contribution is 5.56. The summed E-state index contributed by atoms with van der Waals surface area (Å²) in [6.45, 7) is 4.34. The standard InChI is InChI=1S/C24H20/c1-19(2)24-17-22(15-13-20-9-5-3-6-10-20)23(18-24)16-14-21-11-7-4-8-12-21/h3-12H,17-18H2,1-2H3. The molecule has 0 bridgehead atoms. The van der Waals surface area contributed by atoms with E-state index in [1.165, 1.54) is 22.3 Å². The van der Waals surface area contributed by atoms with Crippen LogP contribution in [-0.2, 0) is 0 Å². The Morgan fingerprint density at radius 1 is 0.625 bits per heavy atom. The molecule has 0 fully saturated rings. The molecule has 0 N–H and O–H groups in total. The minimum Gasteiger partial charge on any atom is -0.0765 e. The van der Waals surface area contributed by atoms with E-state index in [0.29, 0.717) is 0 Å². The lowest BCUT2D eigenvalue weighted by molar-refractivity contribution is 1.10. The SMILES string of the molecule is CC(C)=C1CC(C#Cc2ccccc2)=C(C#Cc2ccccc2)C1. The van der Waals surface area contributed by atoms with E-state index in [2.05, 4.69) is 37.5 Å². The van der Waals surface area contributed by atoms with Gasteiger partial charge in [0.15, 0.2) is 0 Å². The van der Waals surface area contributed by atoms with Crippen LogP contribution < -0.4 is 0 Å². The van der Waals surface area contributed by atoms with Gasteiger partial charge >= 0.3 is 0 Å². The monoisotopic (exact) mass is 308 g/mol. The molecule has 0 spiro atoms. The van der Waals surface area contributed by atoms with Gasteiger partial charge in [-0.3, -0.25) is 0 Å². The predicted octanol–water partition coefficient (Wildman–Crippen LogP) is 5.52. The lowest BCUT2D eigenvalue weighted by atomic mass is 10.1. The van der Waals surface area contributed by atoms with E-state index in [1.807, 2.05) is 60.7 Å². The van der Waals surface area contributed by atoms with Crippen LogP contribution in [0.1, 0.15) is 37.8 Å². The molecule has 0 amide bonds. The first kappa shape index (κ1) is 15.9. The average molecular weight is 308 g/mol. The highest BCUT2D eigenvalue weighted by atomic mass is 14.2. The Kier molecular flexibility index (Phi) is 5.00.